The van der Waals surface area contributed by atoms with Gasteiger partial charge in [0.05, 0.1) is 18.3 Å². The van der Waals surface area contributed by atoms with E-state index < -0.39 is 0 Å². The zero-order valence-electron chi connectivity index (χ0n) is 18.3. The number of aromatic nitrogens is 4. The summed E-state index contributed by atoms with van der Waals surface area (Å²) in [6.45, 7) is 8.64. The van der Waals surface area contributed by atoms with Gasteiger partial charge in [-0.15, -0.1) is 15.3 Å². The van der Waals surface area contributed by atoms with E-state index in [9.17, 15) is 4.39 Å². The minimum absolute atomic E-state index is 0.205. The van der Waals surface area contributed by atoms with Gasteiger partial charge in [0, 0.05) is 22.9 Å². The summed E-state index contributed by atoms with van der Waals surface area (Å²) < 4.78 is 19.9. The van der Waals surface area contributed by atoms with Crippen molar-refractivity contribution in [3.8, 4) is 11.3 Å². The SMILES string of the molecule is C=C(OC)n1nc(N)c2cc(-c3ccc(NCC(C)(C)c4ccc(F)cc4)nn3)ccc21. The molecular weight excluding hydrogens is 407 g/mol. The number of methoxy groups -OCH3 is 1. The molecule has 0 aliphatic carbocycles. The van der Waals surface area contributed by atoms with Crippen molar-refractivity contribution in [2.24, 2.45) is 0 Å². The van der Waals surface area contributed by atoms with Crippen molar-refractivity contribution in [3.05, 3.63) is 72.6 Å². The third-order valence-corrected chi connectivity index (χ3v) is 5.48. The number of rotatable bonds is 7. The molecule has 164 valence electrons. The molecule has 2 heterocycles. The van der Waals surface area contributed by atoms with Crippen molar-refractivity contribution >= 4 is 28.4 Å². The van der Waals surface area contributed by atoms with Crippen molar-refractivity contribution in [1.82, 2.24) is 20.0 Å². The van der Waals surface area contributed by atoms with Crippen molar-refractivity contribution in [3.63, 3.8) is 0 Å². The minimum atomic E-state index is -0.241. The van der Waals surface area contributed by atoms with Crippen LogP contribution >= 0.6 is 0 Å². The normalized spacial score (nSPS) is 11.5. The number of anilines is 2. The molecule has 0 saturated carbocycles. The maximum atomic E-state index is 13.2. The van der Waals surface area contributed by atoms with Crippen LogP contribution < -0.4 is 11.1 Å². The van der Waals surface area contributed by atoms with E-state index in [1.807, 2.05) is 30.3 Å². The molecule has 8 heteroatoms. The summed E-state index contributed by atoms with van der Waals surface area (Å²) in [4.78, 5) is 0. The molecule has 0 unspecified atom stereocenters. The van der Waals surface area contributed by atoms with Crippen molar-refractivity contribution in [2.75, 3.05) is 24.7 Å². The van der Waals surface area contributed by atoms with Gasteiger partial charge in [-0.05, 0) is 48.5 Å². The maximum absolute atomic E-state index is 13.2. The molecule has 4 aromatic rings. The molecule has 0 bridgehead atoms. The Labute approximate surface area is 185 Å². The van der Waals surface area contributed by atoms with Crippen LogP contribution in [-0.2, 0) is 10.2 Å². The van der Waals surface area contributed by atoms with Crippen LogP contribution in [0.15, 0.2) is 61.2 Å². The van der Waals surface area contributed by atoms with Gasteiger partial charge in [-0.25, -0.2) is 4.39 Å². The lowest BCUT2D eigenvalue weighted by molar-refractivity contribution is 0.341. The standard InChI is InChI=1S/C24H25FN6O/c1-15(32-4)31-21-11-5-16(13-19(21)23(26)30-31)20-10-12-22(29-28-20)27-14-24(2,3)17-6-8-18(25)9-7-17/h5-13H,1,14H2,2-4H3,(H2,26,30)(H,27,29). The number of nitrogen functional groups attached to an aromatic ring is 1. The highest BCUT2D eigenvalue weighted by Crippen LogP contribution is 2.29. The Hall–Kier alpha value is -3.94. The van der Waals surface area contributed by atoms with Crippen LogP contribution in [0.4, 0.5) is 16.0 Å². The molecule has 0 radical (unpaired) electrons. The number of nitrogens with zero attached hydrogens (tertiary/aromatic N) is 4. The van der Waals surface area contributed by atoms with E-state index in [4.69, 9.17) is 10.5 Å². The molecule has 2 aromatic heterocycles. The summed E-state index contributed by atoms with van der Waals surface area (Å²) in [5.41, 5.74) is 9.30. The van der Waals surface area contributed by atoms with Crippen LogP contribution in [0.3, 0.4) is 0 Å². The average molecular weight is 433 g/mol. The van der Waals surface area contributed by atoms with Crippen LogP contribution in [0.2, 0.25) is 0 Å². The number of halogens is 1. The molecule has 2 aromatic carbocycles. The number of nitrogens with one attached hydrogen (secondary N) is 1. The number of hydrogen-bond donors (Lipinski definition) is 2. The van der Waals surface area contributed by atoms with Crippen LogP contribution in [-0.4, -0.2) is 33.6 Å². The Bertz CT molecular complexity index is 1260. The lowest BCUT2D eigenvalue weighted by Gasteiger charge is -2.25. The van der Waals surface area contributed by atoms with E-state index in [1.54, 1.807) is 16.8 Å². The van der Waals surface area contributed by atoms with Crippen molar-refractivity contribution in [1.29, 1.82) is 0 Å². The van der Waals surface area contributed by atoms with E-state index in [1.165, 1.54) is 19.2 Å². The summed E-state index contributed by atoms with van der Waals surface area (Å²) in [7, 11) is 1.53. The van der Waals surface area contributed by atoms with Crippen LogP contribution in [0, 0.1) is 5.82 Å². The molecule has 0 aliphatic heterocycles. The second kappa shape index (κ2) is 8.30. The highest BCUT2D eigenvalue weighted by Gasteiger charge is 2.20. The van der Waals surface area contributed by atoms with Gasteiger partial charge in [-0.1, -0.05) is 32.0 Å². The summed E-state index contributed by atoms with van der Waals surface area (Å²) in [6, 6.07) is 16.1. The van der Waals surface area contributed by atoms with Crippen molar-refractivity contribution < 1.29 is 9.13 Å². The third kappa shape index (κ3) is 4.12. The summed E-state index contributed by atoms with van der Waals surface area (Å²) >= 11 is 0. The number of hydrogen-bond acceptors (Lipinski definition) is 6. The maximum Gasteiger partial charge on any atom is 0.207 e. The summed E-state index contributed by atoms with van der Waals surface area (Å²) in [5.74, 6) is 1.19. The first-order chi connectivity index (χ1) is 15.3. The molecule has 7 nitrogen and oxygen atoms in total. The fourth-order valence-electron chi connectivity index (χ4n) is 3.47. The molecule has 0 amide bonds. The Morgan fingerprint density at radius 3 is 2.53 bits per heavy atom. The van der Waals surface area contributed by atoms with Crippen LogP contribution in [0.1, 0.15) is 19.4 Å². The second-order valence-electron chi connectivity index (χ2n) is 8.17. The fourth-order valence-corrected chi connectivity index (χ4v) is 3.47. The van der Waals surface area contributed by atoms with Gasteiger partial charge in [0.1, 0.15) is 11.6 Å². The monoisotopic (exact) mass is 432 g/mol. The third-order valence-electron chi connectivity index (χ3n) is 5.48. The molecule has 0 saturated heterocycles. The highest BCUT2D eigenvalue weighted by molar-refractivity contribution is 5.93. The smallest absolute Gasteiger partial charge is 0.207 e. The minimum Gasteiger partial charge on any atom is -0.481 e. The highest BCUT2D eigenvalue weighted by atomic mass is 19.1. The van der Waals surface area contributed by atoms with E-state index >= 15 is 0 Å². The first kappa shape index (κ1) is 21.3. The zero-order chi connectivity index (χ0) is 22.9. The predicted octanol–water partition coefficient (Wildman–Crippen LogP) is 4.68. The molecule has 0 aliphatic rings. The Morgan fingerprint density at radius 1 is 1.12 bits per heavy atom. The van der Waals surface area contributed by atoms with E-state index in [2.05, 4.69) is 41.0 Å². The molecular formula is C24H25FN6O. The zero-order valence-corrected chi connectivity index (χ0v) is 18.3. The predicted molar refractivity (Wildman–Crippen MR) is 125 cm³/mol. The van der Waals surface area contributed by atoms with Gasteiger partial charge in [0.2, 0.25) is 5.88 Å². The van der Waals surface area contributed by atoms with E-state index in [0.29, 0.717) is 29.8 Å². The molecule has 0 spiro atoms. The Morgan fingerprint density at radius 2 is 1.88 bits per heavy atom. The van der Waals surface area contributed by atoms with Gasteiger partial charge >= 0.3 is 0 Å². The van der Waals surface area contributed by atoms with Gasteiger partial charge in [-0.2, -0.15) is 4.68 Å². The Balaban J connectivity index is 1.51. The average Bonchev–Trinajstić information content (AvgIpc) is 3.14. The summed E-state index contributed by atoms with van der Waals surface area (Å²) in [6.07, 6.45) is 0. The lowest BCUT2D eigenvalue weighted by atomic mass is 9.84. The number of benzene rings is 2. The quantitative estimate of drug-likeness (QED) is 0.412. The topological polar surface area (TPSA) is 90.9 Å². The van der Waals surface area contributed by atoms with E-state index in [-0.39, 0.29) is 11.2 Å². The first-order valence-corrected chi connectivity index (χ1v) is 10.1. The van der Waals surface area contributed by atoms with Crippen molar-refractivity contribution in [2.45, 2.75) is 19.3 Å². The number of fused-ring (bicyclic) bond motifs is 1. The van der Waals surface area contributed by atoms with Crippen LogP contribution in [0.25, 0.3) is 28.0 Å². The molecule has 0 fully saturated rings. The second-order valence-corrected chi connectivity index (χ2v) is 8.17. The van der Waals surface area contributed by atoms with Gasteiger partial charge < -0.3 is 15.8 Å². The molecule has 32 heavy (non-hydrogen) atoms. The first-order valence-electron chi connectivity index (χ1n) is 10.1. The summed E-state index contributed by atoms with van der Waals surface area (Å²) in [5, 5.41) is 17.0. The Kier molecular flexibility index (Phi) is 5.52. The van der Waals surface area contributed by atoms with Gasteiger partial charge in [0.15, 0.2) is 5.82 Å². The number of nitrogens with two attached hydrogens (primary N) is 1. The number of ether oxygens (including phenoxy) is 1. The molecule has 0 atom stereocenters. The van der Waals surface area contributed by atoms with Crippen LogP contribution in [0.5, 0.6) is 0 Å². The fraction of sp³-hybridized carbons (Fsp3) is 0.208. The molecule has 4 rings (SSSR count). The largest absolute Gasteiger partial charge is 0.481 e. The lowest BCUT2D eigenvalue weighted by Crippen LogP contribution is -2.28. The van der Waals surface area contributed by atoms with Gasteiger partial charge in [0.25, 0.3) is 0 Å². The van der Waals surface area contributed by atoms with E-state index in [0.717, 1.165) is 22.0 Å². The van der Waals surface area contributed by atoms with Gasteiger partial charge in [-0.3, -0.25) is 0 Å². The molecule has 3 N–H and O–H groups in total.